The van der Waals surface area contributed by atoms with Crippen LogP contribution in [0.15, 0.2) is 109 Å². The van der Waals surface area contributed by atoms with Crippen LogP contribution in [0.5, 0.6) is 0 Å². The Balaban J connectivity index is 1.24. The molecule has 0 saturated heterocycles. The SMILES string of the molecule is C1=CCC(c2ccc(-c3nc(-c4ccc5ccc6c7c(sc6c5c4)CCC=C7)nc(C4C=CC=CC4)n3)cc2)C=C1. The number of aromatic nitrogens is 3. The van der Waals surface area contributed by atoms with E-state index in [0.29, 0.717) is 5.92 Å². The Kier molecular flexibility index (Phi) is 6.07. The van der Waals surface area contributed by atoms with Crippen LogP contribution in [0.4, 0.5) is 0 Å². The molecule has 0 bridgehead atoms. The molecule has 0 aliphatic heterocycles. The Bertz CT molecular complexity index is 1950. The van der Waals surface area contributed by atoms with Crippen molar-refractivity contribution < 1.29 is 0 Å². The van der Waals surface area contributed by atoms with Gasteiger partial charge in [0.1, 0.15) is 5.82 Å². The van der Waals surface area contributed by atoms with Crippen LogP contribution in [0.25, 0.3) is 49.7 Å². The van der Waals surface area contributed by atoms with Gasteiger partial charge in [-0.2, -0.15) is 0 Å². The maximum Gasteiger partial charge on any atom is 0.163 e. The Labute approximate surface area is 244 Å². The molecule has 3 aromatic carbocycles. The van der Waals surface area contributed by atoms with Gasteiger partial charge in [0.05, 0.1) is 0 Å². The lowest BCUT2D eigenvalue weighted by atomic mass is 9.92. The van der Waals surface area contributed by atoms with E-state index in [1.807, 2.05) is 11.3 Å². The molecule has 0 fully saturated rings. The fourth-order valence-electron chi connectivity index (χ4n) is 6.16. The van der Waals surface area contributed by atoms with Gasteiger partial charge in [-0.3, -0.25) is 0 Å². The van der Waals surface area contributed by atoms with Crippen molar-refractivity contribution in [1.82, 2.24) is 15.0 Å². The van der Waals surface area contributed by atoms with Gasteiger partial charge < -0.3 is 0 Å². The van der Waals surface area contributed by atoms with E-state index in [2.05, 4.69) is 115 Å². The number of hydrogen-bond acceptors (Lipinski definition) is 4. The van der Waals surface area contributed by atoms with Crippen molar-refractivity contribution in [2.45, 2.75) is 37.5 Å². The zero-order valence-electron chi connectivity index (χ0n) is 22.7. The lowest BCUT2D eigenvalue weighted by molar-refractivity contribution is 0.764. The van der Waals surface area contributed by atoms with E-state index >= 15 is 0 Å². The summed E-state index contributed by atoms with van der Waals surface area (Å²) in [5.74, 6) is 2.85. The molecule has 3 aliphatic rings. The summed E-state index contributed by atoms with van der Waals surface area (Å²) >= 11 is 1.94. The number of nitrogens with zero attached hydrogens (tertiary/aromatic N) is 3. The number of thiophene rings is 1. The average Bonchev–Trinajstić information content (AvgIpc) is 3.45. The van der Waals surface area contributed by atoms with E-state index in [1.165, 1.54) is 36.9 Å². The van der Waals surface area contributed by atoms with E-state index in [1.54, 1.807) is 0 Å². The van der Waals surface area contributed by atoms with Crippen LogP contribution in [0.2, 0.25) is 0 Å². The molecule has 8 rings (SSSR count). The van der Waals surface area contributed by atoms with Gasteiger partial charge in [-0.05, 0) is 48.3 Å². The third-order valence-electron chi connectivity index (χ3n) is 8.41. The average molecular weight is 548 g/mol. The van der Waals surface area contributed by atoms with Crippen LogP contribution in [-0.2, 0) is 6.42 Å². The van der Waals surface area contributed by atoms with Crippen molar-refractivity contribution in [3.63, 3.8) is 0 Å². The molecule has 3 aliphatic carbocycles. The number of benzene rings is 3. The lowest BCUT2D eigenvalue weighted by Crippen LogP contribution is -2.08. The van der Waals surface area contributed by atoms with E-state index in [4.69, 9.17) is 15.0 Å². The topological polar surface area (TPSA) is 38.7 Å². The predicted molar refractivity (Wildman–Crippen MR) is 172 cm³/mol. The Morgan fingerprint density at radius 3 is 2.17 bits per heavy atom. The molecule has 3 nitrogen and oxygen atoms in total. The molecule has 0 N–H and O–H groups in total. The minimum atomic E-state index is 0.141. The summed E-state index contributed by atoms with van der Waals surface area (Å²) < 4.78 is 1.36. The first-order chi connectivity index (χ1) is 20.3. The number of fused-ring (bicyclic) bond motifs is 5. The molecule has 2 unspecified atom stereocenters. The fourth-order valence-corrected chi connectivity index (χ4v) is 7.49. The maximum absolute atomic E-state index is 5.07. The normalized spacial score (nSPS) is 19.3. The number of aryl methyl sites for hydroxylation is 1. The third-order valence-corrected chi connectivity index (χ3v) is 9.73. The molecular weight excluding hydrogens is 518 g/mol. The molecule has 2 heterocycles. The lowest BCUT2D eigenvalue weighted by Gasteiger charge is -2.16. The first kappa shape index (κ1) is 24.4. The largest absolute Gasteiger partial charge is 0.212 e. The fraction of sp³-hybridized carbons (Fsp3) is 0.162. The van der Waals surface area contributed by atoms with Crippen LogP contribution < -0.4 is 0 Å². The van der Waals surface area contributed by atoms with Crippen molar-refractivity contribution >= 4 is 38.3 Å². The monoisotopic (exact) mass is 547 g/mol. The van der Waals surface area contributed by atoms with Gasteiger partial charge in [-0.15, -0.1) is 11.3 Å². The van der Waals surface area contributed by atoms with Crippen LogP contribution in [0.3, 0.4) is 0 Å². The third kappa shape index (κ3) is 4.49. The van der Waals surface area contributed by atoms with Crippen molar-refractivity contribution in [3.05, 3.63) is 131 Å². The summed E-state index contributed by atoms with van der Waals surface area (Å²) in [4.78, 5) is 16.6. The van der Waals surface area contributed by atoms with Crippen LogP contribution >= 0.6 is 11.3 Å². The Hall–Kier alpha value is -4.41. The second-order valence-corrected chi connectivity index (χ2v) is 12.1. The van der Waals surface area contributed by atoms with Crippen molar-refractivity contribution in [3.8, 4) is 22.8 Å². The molecule has 5 aromatic rings. The second-order valence-electron chi connectivity index (χ2n) is 11.0. The molecule has 198 valence electrons. The first-order valence-electron chi connectivity index (χ1n) is 14.5. The summed E-state index contributed by atoms with van der Waals surface area (Å²) in [7, 11) is 0. The summed E-state index contributed by atoms with van der Waals surface area (Å²) in [5.41, 5.74) is 4.76. The van der Waals surface area contributed by atoms with Crippen molar-refractivity contribution in [1.29, 1.82) is 0 Å². The smallest absolute Gasteiger partial charge is 0.163 e. The van der Waals surface area contributed by atoms with E-state index in [0.717, 1.165) is 54.3 Å². The Morgan fingerprint density at radius 1 is 0.659 bits per heavy atom. The minimum absolute atomic E-state index is 0.141. The highest BCUT2D eigenvalue weighted by molar-refractivity contribution is 7.20. The van der Waals surface area contributed by atoms with Gasteiger partial charge in [0.25, 0.3) is 0 Å². The standard InChI is InChI=1S/C37H29N3S/c1-3-9-24(10-4-1)25-15-18-28(19-16-25)36-38-35(27-11-5-2-6-12-27)39-37(40-36)29-20-17-26-21-22-31-30-13-7-8-14-33(30)41-34(31)32(26)23-29/h1-7,9,11,13,15-24,27H,8,10,12,14H2. The van der Waals surface area contributed by atoms with Gasteiger partial charge >= 0.3 is 0 Å². The van der Waals surface area contributed by atoms with Crippen LogP contribution in [0.1, 0.15) is 52.9 Å². The predicted octanol–water partition coefficient (Wildman–Crippen LogP) is 9.73. The molecule has 0 saturated carbocycles. The van der Waals surface area contributed by atoms with E-state index < -0.39 is 0 Å². The minimum Gasteiger partial charge on any atom is -0.212 e. The van der Waals surface area contributed by atoms with Crippen molar-refractivity contribution in [2.75, 3.05) is 0 Å². The van der Waals surface area contributed by atoms with Crippen LogP contribution in [0, 0.1) is 0 Å². The second kappa shape index (κ2) is 10.2. The molecular formula is C37H29N3S. The molecule has 4 heteroatoms. The number of rotatable bonds is 4. The quantitative estimate of drug-likeness (QED) is 0.225. The summed E-state index contributed by atoms with van der Waals surface area (Å²) in [5, 5.41) is 3.88. The zero-order valence-corrected chi connectivity index (χ0v) is 23.5. The number of hydrogen-bond donors (Lipinski definition) is 0. The summed E-state index contributed by atoms with van der Waals surface area (Å²) in [6.45, 7) is 0. The molecule has 0 amide bonds. The van der Waals surface area contributed by atoms with Gasteiger partial charge in [-0.25, -0.2) is 15.0 Å². The zero-order chi connectivity index (χ0) is 27.2. The van der Waals surface area contributed by atoms with Crippen LogP contribution in [-0.4, -0.2) is 15.0 Å². The molecule has 0 radical (unpaired) electrons. The molecule has 0 spiro atoms. The maximum atomic E-state index is 5.07. The van der Waals surface area contributed by atoms with Gasteiger partial charge in [0, 0.05) is 43.3 Å². The summed E-state index contributed by atoms with van der Waals surface area (Å²) in [6.07, 6.45) is 26.1. The molecule has 41 heavy (non-hydrogen) atoms. The molecule has 2 atom stereocenters. The molecule has 2 aromatic heterocycles. The van der Waals surface area contributed by atoms with E-state index in [9.17, 15) is 0 Å². The highest BCUT2D eigenvalue weighted by atomic mass is 32.1. The van der Waals surface area contributed by atoms with Gasteiger partial charge in [0.2, 0.25) is 0 Å². The Morgan fingerprint density at radius 2 is 1.39 bits per heavy atom. The van der Waals surface area contributed by atoms with Gasteiger partial charge in [0.15, 0.2) is 11.6 Å². The highest BCUT2D eigenvalue weighted by Gasteiger charge is 2.19. The van der Waals surface area contributed by atoms with Crippen molar-refractivity contribution in [2.24, 2.45) is 0 Å². The van der Waals surface area contributed by atoms with E-state index in [-0.39, 0.29) is 5.92 Å². The highest BCUT2D eigenvalue weighted by Crippen LogP contribution is 2.40. The number of allylic oxidation sites excluding steroid dienone is 9. The van der Waals surface area contributed by atoms with Gasteiger partial charge in [-0.1, -0.05) is 109 Å². The summed E-state index contributed by atoms with van der Waals surface area (Å²) in [6, 6.07) is 20.0. The first-order valence-corrected chi connectivity index (χ1v) is 15.3.